The lowest BCUT2D eigenvalue weighted by molar-refractivity contribution is -0.873. The van der Waals surface area contributed by atoms with Crippen LogP contribution in [0.15, 0.2) is 72.9 Å². The summed E-state index contributed by atoms with van der Waals surface area (Å²) in [6.45, 7) is 2.44. The SMILES string of the molecule is CC/C=C/CC(O)/C=C/C=C/C=C/C=C/C(O)C(O)C/C=C/CCC(=O)OC(CC(=O)O)C[N+](C)(C)C. The van der Waals surface area contributed by atoms with Crippen molar-refractivity contribution in [3.8, 4) is 0 Å². The van der Waals surface area contributed by atoms with Crippen LogP contribution in [-0.2, 0) is 14.3 Å². The summed E-state index contributed by atoms with van der Waals surface area (Å²) in [4.78, 5) is 23.1. The van der Waals surface area contributed by atoms with Crippen molar-refractivity contribution >= 4 is 11.9 Å². The molecule has 0 aromatic carbocycles. The molecule has 0 saturated heterocycles. The van der Waals surface area contributed by atoms with Crippen LogP contribution in [0.5, 0.6) is 0 Å². The number of carboxylic acids is 1. The lowest BCUT2D eigenvalue weighted by atomic mass is 10.1. The molecule has 4 N–H and O–H groups in total. The molecular formula is C29H46NO7+. The quantitative estimate of drug-likeness (QED) is 0.0890. The van der Waals surface area contributed by atoms with E-state index >= 15 is 0 Å². The Bertz CT molecular complexity index is 819. The molecular weight excluding hydrogens is 474 g/mol. The maximum Gasteiger partial charge on any atom is 0.307 e. The first-order valence-corrected chi connectivity index (χ1v) is 12.7. The van der Waals surface area contributed by atoms with Gasteiger partial charge in [-0.15, -0.1) is 0 Å². The van der Waals surface area contributed by atoms with Gasteiger partial charge in [-0.1, -0.05) is 79.8 Å². The topological polar surface area (TPSA) is 124 Å². The molecule has 8 heteroatoms. The number of allylic oxidation sites excluding steroid dienone is 8. The van der Waals surface area contributed by atoms with E-state index in [9.17, 15) is 24.9 Å². The maximum atomic E-state index is 12.1. The fraction of sp³-hybridized carbons (Fsp3) is 0.517. The number of aliphatic carboxylic acids is 1. The average Bonchev–Trinajstić information content (AvgIpc) is 2.78. The molecule has 0 aliphatic carbocycles. The van der Waals surface area contributed by atoms with Gasteiger partial charge in [-0.3, -0.25) is 9.59 Å². The zero-order chi connectivity index (χ0) is 28.1. The highest BCUT2D eigenvalue weighted by molar-refractivity contribution is 5.71. The molecule has 0 aliphatic rings. The number of hydrogen-bond donors (Lipinski definition) is 4. The molecule has 4 unspecified atom stereocenters. The number of aliphatic hydroxyl groups is 3. The van der Waals surface area contributed by atoms with Crippen molar-refractivity contribution < 1.29 is 39.2 Å². The molecule has 0 aliphatic heterocycles. The summed E-state index contributed by atoms with van der Waals surface area (Å²) >= 11 is 0. The highest BCUT2D eigenvalue weighted by atomic mass is 16.5. The number of carbonyl (C=O) groups excluding carboxylic acids is 1. The molecule has 0 heterocycles. The Hall–Kier alpha value is -2.78. The minimum Gasteiger partial charge on any atom is -0.481 e. The van der Waals surface area contributed by atoms with E-state index in [4.69, 9.17) is 9.84 Å². The molecule has 0 rings (SSSR count). The van der Waals surface area contributed by atoms with Crippen LogP contribution >= 0.6 is 0 Å². The van der Waals surface area contributed by atoms with Gasteiger partial charge in [0.05, 0.1) is 45.9 Å². The fourth-order valence-corrected chi connectivity index (χ4v) is 3.12. The lowest BCUT2D eigenvalue weighted by Gasteiger charge is -2.28. The van der Waals surface area contributed by atoms with Crippen molar-refractivity contribution in [1.29, 1.82) is 0 Å². The summed E-state index contributed by atoms with van der Waals surface area (Å²) in [5.74, 6) is -1.48. The summed E-state index contributed by atoms with van der Waals surface area (Å²) in [6.07, 6.45) is 19.8. The Morgan fingerprint density at radius 1 is 0.838 bits per heavy atom. The molecule has 0 aromatic heterocycles. The summed E-state index contributed by atoms with van der Waals surface area (Å²) in [7, 11) is 5.69. The number of rotatable bonds is 19. The molecule has 0 spiro atoms. The zero-order valence-electron chi connectivity index (χ0n) is 22.6. The molecule has 208 valence electrons. The van der Waals surface area contributed by atoms with Crippen LogP contribution in [0, 0.1) is 0 Å². The van der Waals surface area contributed by atoms with E-state index in [2.05, 4.69) is 0 Å². The van der Waals surface area contributed by atoms with Crippen LogP contribution in [0.25, 0.3) is 0 Å². The highest BCUT2D eigenvalue weighted by Crippen LogP contribution is 2.08. The van der Waals surface area contributed by atoms with Gasteiger partial charge in [-0.2, -0.15) is 0 Å². The number of likely N-dealkylation sites (N-methyl/N-ethyl adjacent to an activating group) is 1. The van der Waals surface area contributed by atoms with Crippen molar-refractivity contribution in [3.05, 3.63) is 72.9 Å². The molecule has 37 heavy (non-hydrogen) atoms. The summed E-state index contributed by atoms with van der Waals surface area (Å²) in [5.41, 5.74) is 0. The van der Waals surface area contributed by atoms with Crippen LogP contribution in [0.3, 0.4) is 0 Å². The van der Waals surface area contributed by atoms with Crippen molar-refractivity contribution in [1.82, 2.24) is 0 Å². The van der Waals surface area contributed by atoms with Crippen LogP contribution < -0.4 is 0 Å². The third-order valence-electron chi connectivity index (χ3n) is 4.88. The Kier molecular flexibility index (Phi) is 18.8. The summed E-state index contributed by atoms with van der Waals surface area (Å²) < 4.78 is 5.80. The van der Waals surface area contributed by atoms with E-state index in [0.717, 1.165) is 6.42 Å². The van der Waals surface area contributed by atoms with Gasteiger partial charge >= 0.3 is 11.9 Å². The molecule has 0 amide bonds. The van der Waals surface area contributed by atoms with Crippen LogP contribution in [0.1, 0.15) is 45.4 Å². The molecule has 0 saturated carbocycles. The standard InChI is InChI=1S/C29H45NO7/c1-5-6-12-17-24(31)18-13-9-7-8-10-14-19-26(32)27(33)20-15-11-16-21-29(36)37-25(22-28(34)35)23-30(2,3)4/h6-15,18-19,24-27,31-33H,5,16-17,20-23H2,1-4H3/p+1/b9-7+,10-8+,12-6+,15-11+,18-13+,19-14+. The van der Waals surface area contributed by atoms with Crippen molar-refractivity contribution in [2.45, 2.75) is 69.9 Å². The summed E-state index contributed by atoms with van der Waals surface area (Å²) in [5, 5.41) is 38.8. The number of carbonyl (C=O) groups is 2. The predicted octanol–water partition coefficient (Wildman–Crippen LogP) is 3.47. The predicted molar refractivity (Wildman–Crippen MR) is 147 cm³/mol. The monoisotopic (exact) mass is 520 g/mol. The van der Waals surface area contributed by atoms with Crippen LogP contribution in [0.2, 0.25) is 0 Å². The van der Waals surface area contributed by atoms with Gasteiger partial charge in [0.1, 0.15) is 6.54 Å². The minimum absolute atomic E-state index is 0.102. The normalized spacial score (nSPS) is 16.5. The highest BCUT2D eigenvalue weighted by Gasteiger charge is 2.24. The van der Waals surface area contributed by atoms with Gasteiger partial charge in [-0.05, 0) is 25.7 Å². The van der Waals surface area contributed by atoms with Crippen molar-refractivity contribution in [2.75, 3.05) is 27.7 Å². The maximum absolute atomic E-state index is 12.1. The van der Waals surface area contributed by atoms with Crippen LogP contribution in [-0.4, -0.2) is 89.0 Å². The first-order chi connectivity index (χ1) is 17.4. The number of ether oxygens (including phenoxy) is 1. The van der Waals surface area contributed by atoms with Gasteiger partial charge in [0, 0.05) is 6.42 Å². The minimum atomic E-state index is -1.04. The van der Waals surface area contributed by atoms with E-state index in [-0.39, 0.29) is 19.3 Å². The first-order valence-electron chi connectivity index (χ1n) is 12.7. The average molecular weight is 521 g/mol. The molecule has 8 nitrogen and oxygen atoms in total. The molecule has 0 aromatic rings. The Morgan fingerprint density at radius 2 is 1.43 bits per heavy atom. The van der Waals surface area contributed by atoms with E-state index < -0.39 is 36.4 Å². The van der Waals surface area contributed by atoms with Gasteiger partial charge in [0.2, 0.25) is 0 Å². The number of carboxylic acid groups (broad SMARTS) is 1. The lowest BCUT2D eigenvalue weighted by Crippen LogP contribution is -2.43. The molecule has 0 fully saturated rings. The van der Waals surface area contributed by atoms with E-state index in [1.165, 1.54) is 6.08 Å². The van der Waals surface area contributed by atoms with Crippen molar-refractivity contribution in [2.24, 2.45) is 0 Å². The second-order valence-electron chi connectivity index (χ2n) is 9.71. The Labute approximate surface area is 221 Å². The largest absolute Gasteiger partial charge is 0.481 e. The second-order valence-corrected chi connectivity index (χ2v) is 9.71. The van der Waals surface area contributed by atoms with E-state index in [1.54, 1.807) is 54.7 Å². The van der Waals surface area contributed by atoms with E-state index in [0.29, 0.717) is 23.9 Å². The zero-order valence-corrected chi connectivity index (χ0v) is 22.6. The number of quaternary nitrogens is 1. The third kappa shape index (κ3) is 22.2. The van der Waals surface area contributed by atoms with E-state index in [1.807, 2.05) is 40.2 Å². The van der Waals surface area contributed by atoms with Gasteiger partial charge in [0.25, 0.3) is 0 Å². The molecule has 0 bridgehead atoms. The first kappa shape index (κ1) is 34.2. The smallest absolute Gasteiger partial charge is 0.307 e. The Balaban J connectivity index is 4.30. The number of nitrogens with zero attached hydrogens (tertiary/aromatic N) is 1. The molecule has 0 radical (unpaired) electrons. The number of hydrogen-bond acceptors (Lipinski definition) is 6. The van der Waals surface area contributed by atoms with Crippen molar-refractivity contribution in [3.63, 3.8) is 0 Å². The van der Waals surface area contributed by atoms with Gasteiger partial charge in [0.15, 0.2) is 6.10 Å². The fourth-order valence-electron chi connectivity index (χ4n) is 3.12. The second kappa shape index (κ2) is 20.3. The summed E-state index contributed by atoms with van der Waals surface area (Å²) in [6, 6.07) is 0. The third-order valence-corrected chi connectivity index (χ3v) is 4.88. The number of esters is 1. The van der Waals surface area contributed by atoms with Gasteiger partial charge in [-0.25, -0.2) is 0 Å². The molecule has 4 atom stereocenters. The Morgan fingerprint density at radius 3 is 2.03 bits per heavy atom. The number of aliphatic hydroxyl groups excluding tert-OH is 3. The van der Waals surface area contributed by atoms with Gasteiger partial charge < -0.3 is 29.6 Å². The van der Waals surface area contributed by atoms with Crippen LogP contribution in [0.4, 0.5) is 0 Å².